The number of amides is 1. The molecule has 2 aromatic rings. The smallest absolute Gasteiger partial charge is 0.255 e. The first-order chi connectivity index (χ1) is 12.0. The van der Waals surface area contributed by atoms with E-state index in [0.29, 0.717) is 23.6 Å². The number of halogens is 2. The summed E-state index contributed by atoms with van der Waals surface area (Å²) in [4.78, 5) is 17.3. The molecule has 1 amide bonds. The van der Waals surface area contributed by atoms with E-state index in [0.717, 1.165) is 4.90 Å². The quantitative estimate of drug-likeness (QED) is 0.677. The summed E-state index contributed by atoms with van der Waals surface area (Å²) >= 11 is 13.6. The lowest BCUT2D eigenvalue weighted by atomic mass is 10.2. The highest BCUT2D eigenvalue weighted by Gasteiger charge is 2.15. The lowest BCUT2D eigenvalue weighted by Gasteiger charge is -2.17. The van der Waals surface area contributed by atoms with Gasteiger partial charge in [-0.25, -0.2) is 0 Å². The van der Waals surface area contributed by atoms with Crippen LogP contribution in [0.2, 0.25) is 10.0 Å². The van der Waals surface area contributed by atoms with Crippen molar-refractivity contribution in [1.82, 2.24) is 4.98 Å². The van der Waals surface area contributed by atoms with Crippen LogP contribution in [0.5, 0.6) is 5.75 Å². The van der Waals surface area contributed by atoms with Crippen LogP contribution in [0, 0.1) is 0 Å². The molecule has 1 atom stereocenters. The Bertz CT molecular complexity index is 738. The number of carbonyl (C=O) groups excluding carboxylic acids is 1. The molecule has 1 aromatic carbocycles. The van der Waals surface area contributed by atoms with Gasteiger partial charge in [0.05, 0.1) is 22.3 Å². The summed E-state index contributed by atoms with van der Waals surface area (Å²) in [6.07, 6.45) is 4.64. The Morgan fingerprint density at radius 1 is 1.32 bits per heavy atom. The number of methoxy groups -OCH3 is 1. The molecular formula is C17H18Cl2N2O3S. The summed E-state index contributed by atoms with van der Waals surface area (Å²) in [5.41, 5.74) is 0.758. The Morgan fingerprint density at radius 3 is 2.60 bits per heavy atom. The van der Waals surface area contributed by atoms with Crippen LogP contribution in [0.3, 0.4) is 0 Å². The fourth-order valence-corrected chi connectivity index (χ4v) is 3.08. The van der Waals surface area contributed by atoms with Crippen molar-refractivity contribution in [2.24, 2.45) is 0 Å². The van der Waals surface area contributed by atoms with Gasteiger partial charge in [-0.2, -0.15) is 0 Å². The second-order valence-electron chi connectivity index (χ2n) is 5.18. The van der Waals surface area contributed by atoms with Crippen LogP contribution in [0.15, 0.2) is 35.5 Å². The summed E-state index contributed by atoms with van der Waals surface area (Å²) < 4.78 is 11.0. The number of nitrogens with one attached hydrogen (secondary N) is 1. The zero-order valence-corrected chi connectivity index (χ0v) is 16.3. The minimum absolute atomic E-state index is 0.140. The van der Waals surface area contributed by atoms with Crippen LogP contribution in [-0.4, -0.2) is 37.0 Å². The number of carbonyl (C=O) groups is 1. The molecule has 0 fully saturated rings. The fraction of sp³-hybridized carbons (Fsp3) is 0.294. The third-order valence-electron chi connectivity index (χ3n) is 3.25. The molecule has 1 aromatic heterocycles. The Balaban J connectivity index is 2.25. The van der Waals surface area contributed by atoms with Gasteiger partial charge in [-0.1, -0.05) is 23.2 Å². The maximum atomic E-state index is 12.5. The van der Waals surface area contributed by atoms with Gasteiger partial charge in [0.25, 0.3) is 5.91 Å². The van der Waals surface area contributed by atoms with Gasteiger partial charge in [0.2, 0.25) is 0 Å². The van der Waals surface area contributed by atoms with Crippen molar-refractivity contribution >= 4 is 46.6 Å². The van der Waals surface area contributed by atoms with Crippen LogP contribution >= 0.6 is 35.0 Å². The largest absolute Gasteiger partial charge is 0.487 e. The standard InChI is InChI=1S/C17H18Cl2N2O3S/c1-10(9-23-2)24-14-6-11(4-5-15(14)25-3)17(22)21-16-12(18)7-20-8-13(16)19/h4-8,10H,9H2,1-3H3,(H,20,21,22). The number of hydrogen-bond donors (Lipinski definition) is 1. The van der Waals surface area contributed by atoms with Gasteiger partial charge >= 0.3 is 0 Å². The molecule has 134 valence electrons. The predicted molar refractivity (Wildman–Crippen MR) is 102 cm³/mol. The normalized spacial score (nSPS) is 11.9. The number of aromatic nitrogens is 1. The van der Waals surface area contributed by atoms with E-state index >= 15 is 0 Å². The van der Waals surface area contributed by atoms with Crippen LogP contribution in [0.1, 0.15) is 17.3 Å². The van der Waals surface area contributed by atoms with Crippen molar-refractivity contribution in [3.63, 3.8) is 0 Å². The van der Waals surface area contributed by atoms with Crippen LogP contribution in [0.4, 0.5) is 5.69 Å². The van der Waals surface area contributed by atoms with Gasteiger partial charge in [0, 0.05) is 30.0 Å². The SMILES string of the molecule is COCC(C)Oc1cc(C(=O)Nc2c(Cl)cncc2Cl)ccc1SC. The summed E-state index contributed by atoms with van der Waals surface area (Å²) in [6.45, 7) is 2.35. The van der Waals surface area contributed by atoms with E-state index in [4.69, 9.17) is 32.7 Å². The first-order valence-corrected chi connectivity index (χ1v) is 9.38. The van der Waals surface area contributed by atoms with Gasteiger partial charge in [0.1, 0.15) is 11.9 Å². The number of hydrogen-bond acceptors (Lipinski definition) is 5. The maximum Gasteiger partial charge on any atom is 0.255 e. The highest BCUT2D eigenvalue weighted by molar-refractivity contribution is 7.98. The molecular weight excluding hydrogens is 383 g/mol. The molecule has 8 heteroatoms. The zero-order chi connectivity index (χ0) is 18.4. The maximum absolute atomic E-state index is 12.5. The third kappa shape index (κ3) is 5.25. The van der Waals surface area contributed by atoms with Crippen molar-refractivity contribution in [3.8, 4) is 5.75 Å². The van der Waals surface area contributed by atoms with Gasteiger partial charge in [-0.3, -0.25) is 9.78 Å². The van der Waals surface area contributed by atoms with Crippen molar-refractivity contribution in [1.29, 1.82) is 0 Å². The van der Waals surface area contributed by atoms with Crippen LogP contribution in [0.25, 0.3) is 0 Å². The minimum atomic E-state index is -0.341. The molecule has 1 N–H and O–H groups in total. The van der Waals surface area contributed by atoms with E-state index in [1.165, 1.54) is 24.2 Å². The fourth-order valence-electron chi connectivity index (χ4n) is 2.11. The number of nitrogens with zero attached hydrogens (tertiary/aromatic N) is 1. The van der Waals surface area contributed by atoms with Crippen LogP contribution < -0.4 is 10.1 Å². The van der Waals surface area contributed by atoms with Gasteiger partial charge in [-0.15, -0.1) is 11.8 Å². The number of rotatable bonds is 7. The van der Waals surface area contributed by atoms with E-state index in [2.05, 4.69) is 10.3 Å². The van der Waals surface area contributed by atoms with Gasteiger partial charge < -0.3 is 14.8 Å². The van der Waals surface area contributed by atoms with Crippen molar-refractivity contribution < 1.29 is 14.3 Å². The van der Waals surface area contributed by atoms with E-state index < -0.39 is 0 Å². The Hall–Kier alpha value is -1.47. The lowest BCUT2D eigenvalue weighted by molar-refractivity contribution is 0.0899. The van der Waals surface area contributed by atoms with Gasteiger partial charge in [-0.05, 0) is 31.4 Å². The molecule has 0 aliphatic rings. The number of anilines is 1. The number of thioether (sulfide) groups is 1. The minimum Gasteiger partial charge on any atom is -0.487 e. The molecule has 0 spiro atoms. The van der Waals surface area contributed by atoms with Gasteiger partial charge in [0.15, 0.2) is 0 Å². The third-order valence-corrected chi connectivity index (χ3v) is 4.60. The first-order valence-electron chi connectivity index (χ1n) is 7.40. The van der Waals surface area contributed by atoms with E-state index in [9.17, 15) is 4.79 Å². The van der Waals surface area contributed by atoms with E-state index in [1.54, 1.807) is 19.2 Å². The zero-order valence-electron chi connectivity index (χ0n) is 14.0. The number of pyridine rings is 1. The van der Waals surface area contributed by atoms with Crippen molar-refractivity contribution in [3.05, 3.63) is 46.2 Å². The molecule has 0 saturated heterocycles. The van der Waals surface area contributed by atoms with Crippen molar-refractivity contribution in [2.45, 2.75) is 17.9 Å². The molecule has 1 unspecified atom stereocenters. The van der Waals surface area contributed by atoms with E-state index in [-0.39, 0.29) is 22.1 Å². The number of benzene rings is 1. The average Bonchev–Trinajstić information content (AvgIpc) is 2.58. The summed E-state index contributed by atoms with van der Waals surface area (Å²) in [5, 5.41) is 3.25. The molecule has 5 nitrogen and oxygen atoms in total. The van der Waals surface area contributed by atoms with Crippen LogP contribution in [-0.2, 0) is 4.74 Å². The monoisotopic (exact) mass is 400 g/mol. The van der Waals surface area contributed by atoms with E-state index in [1.807, 2.05) is 19.2 Å². The second kappa shape index (κ2) is 9.29. The Kier molecular flexibility index (Phi) is 7.38. The number of ether oxygens (including phenoxy) is 2. The molecule has 25 heavy (non-hydrogen) atoms. The first kappa shape index (κ1) is 19.8. The average molecular weight is 401 g/mol. The molecule has 0 aliphatic heterocycles. The molecule has 0 bridgehead atoms. The molecule has 2 rings (SSSR count). The second-order valence-corrected chi connectivity index (χ2v) is 6.84. The lowest BCUT2D eigenvalue weighted by Crippen LogP contribution is -2.19. The topological polar surface area (TPSA) is 60.5 Å². The molecule has 0 aliphatic carbocycles. The predicted octanol–water partition coefficient (Wildman–Crippen LogP) is 4.78. The highest BCUT2D eigenvalue weighted by atomic mass is 35.5. The van der Waals surface area contributed by atoms with Crippen molar-refractivity contribution in [2.75, 3.05) is 25.3 Å². The Morgan fingerprint density at radius 2 is 2.00 bits per heavy atom. The summed E-state index contributed by atoms with van der Waals surface area (Å²) in [6, 6.07) is 5.25. The highest BCUT2D eigenvalue weighted by Crippen LogP contribution is 2.32. The molecule has 0 saturated carbocycles. The summed E-state index contributed by atoms with van der Waals surface area (Å²) in [5.74, 6) is 0.281. The Labute approximate surface area is 161 Å². The molecule has 0 radical (unpaired) electrons. The molecule has 1 heterocycles. The summed E-state index contributed by atoms with van der Waals surface area (Å²) in [7, 11) is 1.61.